The molecule has 5 nitrogen and oxygen atoms in total. The molecular formula is C20H22N4OS2. The molecular weight excluding hydrogens is 376 g/mol. The zero-order valence-electron chi connectivity index (χ0n) is 15.5. The zero-order chi connectivity index (χ0) is 19.2. The summed E-state index contributed by atoms with van der Waals surface area (Å²) in [6.45, 7) is 6.50. The second-order valence-electron chi connectivity index (χ2n) is 6.33. The van der Waals surface area contributed by atoms with Gasteiger partial charge in [0, 0.05) is 12.2 Å². The summed E-state index contributed by atoms with van der Waals surface area (Å²) in [6, 6.07) is 16.2. The first-order valence-corrected chi connectivity index (χ1v) is 10.4. The van der Waals surface area contributed by atoms with Crippen molar-refractivity contribution in [3.8, 4) is 0 Å². The van der Waals surface area contributed by atoms with Gasteiger partial charge in [-0.15, -0.1) is 10.2 Å². The summed E-state index contributed by atoms with van der Waals surface area (Å²) in [7, 11) is 0. The Morgan fingerprint density at radius 1 is 1.11 bits per heavy atom. The molecule has 0 aliphatic heterocycles. The zero-order valence-corrected chi connectivity index (χ0v) is 17.2. The van der Waals surface area contributed by atoms with Gasteiger partial charge in [0.2, 0.25) is 11.0 Å². The summed E-state index contributed by atoms with van der Waals surface area (Å²) in [5.41, 5.74) is 4.46. The summed E-state index contributed by atoms with van der Waals surface area (Å²) < 4.78 is 0.767. The van der Waals surface area contributed by atoms with Gasteiger partial charge < -0.3 is 10.6 Å². The smallest absolute Gasteiger partial charge is 0.233 e. The first kappa shape index (κ1) is 19.4. The minimum Gasteiger partial charge on any atom is -0.351 e. The molecule has 3 rings (SSSR count). The van der Waals surface area contributed by atoms with E-state index in [0.29, 0.717) is 6.54 Å². The number of amides is 1. The maximum atomic E-state index is 12.3. The predicted octanol–water partition coefficient (Wildman–Crippen LogP) is 4.70. The van der Waals surface area contributed by atoms with Crippen LogP contribution in [0.4, 0.5) is 10.8 Å². The van der Waals surface area contributed by atoms with Crippen molar-refractivity contribution in [3.05, 3.63) is 65.2 Å². The summed E-state index contributed by atoms with van der Waals surface area (Å²) in [5.74, 6) is -0.0102. The second-order valence-corrected chi connectivity index (χ2v) is 8.90. The Labute approximate surface area is 167 Å². The van der Waals surface area contributed by atoms with Crippen LogP contribution in [-0.2, 0) is 11.3 Å². The van der Waals surface area contributed by atoms with Crippen LogP contribution in [0.2, 0.25) is 0 Å². The Kier molecular flexibility index (Phi) is 6.47. The summed E-state index contributed by atoms with van der Waals surface area (Å²) in [6.07, 6.45) is 0. The van der Waals surface area contributed by atoms with Crippen molar-refractivity contribution in [3.63, 3.8) is 0 Å². The van der Waals surface area contributed by atoms with Gasteiger partial charge in [0.15, 0.2) is 4.34 Å². The van der Waals surface area contributed by atoms with Crippen molar-refractivity contribution in [1.29, 1.82) is 0 Å². The molecule has 0 bridgehead atoms. The fourth-order valence-corrected chi connectivity index (χ4v) is 4.34. The average Bonchev–Trinajstić information content (AvgIpc) is 3.07. The number of carbonyl (C=O) groups excluding carboxylic acids is 1. The van der Waals surface area contributed by atoms with Crippen LogP contribution in [-0.4, -0.2) is 21.4 Å². The van der Waals surface area contributed by atoms with Crippen LogP contribution in [0.1, 0.15) is 23.6 Å². The molecule has 2 aromatic carbocycles. The number of hydrogen-bond acceptors (Lipinski definition) is 6. The van der Waals surface area contributed by atoms with Crippen LogP contribution in [0.5, 0.6) is 0 Å². The van der Waals surface area contributed by atoms with Gasteiger partial charge in [0.1, 0.15) is 0 Å². The van der Waals surface area contributed by atoms with E-state index in [2.05, 4.69) is 26.9 Å². The summed E-state index contributed by atoms with van der Waals surface area (Å²) in [4.78, 5) is 12.3. The van der Waals surface area contributed by atoms with Crippen LogP contribution < -0.4 is 10.6 Å². The van der Waals surface area contributed by atoms with E-state index in [4.69, 9.17) is 0 Å². The van der Waals surface area contributed by atoms with Gasteiger partial charge in [0.05, 0.1) is 5.25 Å². The first-order valence-electron chi connectivity index (χ1n) is 8.67. The molecule has 0 spiro atoms. The van der Waals surface area contributed by atoms with Crippen molar-refractivity contribution in [2.24, 2.45) is 0 Å². The van der Waals surface area contributed by atoms with Crippen molar-refractivity contribution < 1.29 is 4.79 Å². The third-order valence-corrected chi connectivity index (χ3v) is 5.93. The van der Waals surface area contributed by atoms with Gasteiger partial charge in [-0.25, -0.2) is 0 Å². The number of benzene rings is 2. The highest BCUT2D eigenvalue weighted by Gasteiger charge is 2.17. The Hall–Kier alpha value is -2.38. The maximum Gasteiger partial charge on any atom is 0.233 e. The van der Waals surface area contributed by atoms with Crippen molar-refractivity contribution in [2.45, 2.75) is 36.9 Å². The number of hydrogen-bond donors (Lipinski definition) is 2. The quantitative estimate of drug-likeness (QED) is 0.565. The second kappa shape index (κ2) is 9.01. The third kappa shape index (κ3) is 5.80. The minimum atomic E-state index is -0.241. The molecule has 1 atom stereocenters. The standard InChI is InChI=1S/C20H22N4OS2/c1-13-7-9-16(10-8-13)12-21-18(25)15(3)26-20-24-23-19(27-20)22-17-6-4-5-14(2)11-17/h4-11,15H,12H2,1-3H3,(H,21,25)(H,22,23)/t15-/m0/s1. The largest absolute Gasteiger partial charge is 0.351 e. The van der Waals surface area contributed by atoms with E-state index in [1.165, 1.54) is 34.2 Å². The molecule has 0 aliphatic rings. The van der Waals surface area contributed by atoms with Crippen LogP contribution in [0, 0.1) is 13.8 Å². The van der Waals surface area contributed by atoms with Gasteiger partial charge in [-0.05, 0) is 44.0 Å². The third-order valence-electron chi connectivity index (χ3n) is 3.91. The molecule has 7 heteroatoms. The van der Waals surface area contributed by atoms with Gasteiger partial charge in [-0.1, -0.05) is 65.1 Å². The summed E-state index contributed by atoms with van der Waals surface area (Å²) in [5, 5.41) is 15.0. The molecule has 0 unspecified atom stereocenters. The Morgan fingerprint density at radius 3 is 2.63 bits per heavy atom. The summed E-state index contributed by atoms with van der Waals surface area (Å²) >= 11 is 2.86. The van der Waals surface area contributed by atoms with Crippen LogP contribution in [0.15, 0.2) is 52.9 Å². The van der Waals surface area contributed by atoms with E-state index in [1.54, 1.807) is 0 Å². The molecule has 3 aromatic rings. The fourth-order valence-electron chi connectivity index (χ4n) is 2.40. The van der Waals surface area contributed by atoms with Gasteiger partial charge in [-0.3, -0.25) is 4.79 Å². The van der Waals surface area contributed by atoms with Gasteiger partial charge in [0.25, 0.3) is 0 Å². The van der Waals surface area contributed by atoms with E-state index in [1.807, 2.05) is 63.2 Å². The van der Waals surface area contributed by atoms with Crippen LogP contribution in [0.3, 0.4) is 0 Å². The molecule has 1 heterocycles. The number of carbonyl (C=O) groups is 1. The van der Waals surface area contributed by atoms with Crippen molar-refractivity contribution in [1.82, 2.24) is 15.5 Å². The Bertz CT molecular complexity index is 908. The molecule has 0 fully saturated rings. The number of nitrogens with one attached hydrogen (secondary N) is 2. The SMILES string of the molecule is Cc1ccc(CNC(=O)[C@H](C)Sc2nnc(Nc3cccc(C)c3)s2)cc1. The molecule has 0 saturated heterocycles. The van der Waals surface area contributed by atoms with Crippen molar-refractivity contribution >= 4 is 39.8 Å². The number of anilines is 2. The molecule has 27 heavy (non-hydrogen) atoms. The Morgan fingerprint density at radius 2 is 1.89 bits per heavy atom. The molecule has 0 aliphatic carbocycles. The van der Waals surface area contributed by atoms with E-state index in [9.17, 15) is 4.79 Å². The number of nitrogens with zero attached hydrogens (tertiary/aromatic N) is 2. The van der Waals surface area contributed by atoms with Gasteiger partial charge in [-0.2, -0.15) is 0 Å². The molecule has 1 amide bonds. The number of rotatable bonds is 7. The molecule has 1 aromatic heterocycles. The number of thioether (sulfide) groups is 1. The molecule has 140 valence electrons. The monoisotopic (exact) mass is 398 g/mol. The topological polar surface area (TPSA) is 66.9 Å². The minimum absolute atomic E-state index is 0.0102. The lowest BCUT2D eigenvalue weighted by Gasteiger charge is -2.10. The molecule has 0 radical (unpaired) electrons. The number of aryl methyl sites for hydroxylation is 2. The van der Waals surface area contributed by atoms with Crippen LogP contribution in [0.25, 0.3) is 0 Å². The average molecular weight is 399 g/mol. The Balaban J connectivity index is 1.51. The lowest BCUT2D eigenvalue weighted by atomic mass is 10.1. The highest BCUT2D eigenvalue weighted by atomic mass is 32.2. The fraction of sp³-hybridized carbons (Fsp3) is 0.250. The van der Waals surface area contributed by atoms with E-state index in [0.717, 1.165) is 20.7 Å². The first-order chi connectivity index (χ1) is 13.0. The lowest BCUT2D eigenvalue weighted by molar-refractivity contribution is -0.120. The lowest BCUT2D eigenvalue weighted by Crippen LogP contribution is -2.30. The normalized spacial score (nSPS) is 11.8. The highest BCUT2D eigenvalue weighted by molar-refractivity contribution is 8.02. The molecule has 2 N–H and O–H groups in total. The van der Waals surface area contributed by atoms with Gasteiger partial charge >= 0.3 is 0 Å². The van der Waals surface area contributed by atoms with E-state index >= 15 is 0 Å². The highest BCUT2D eigenvalue weighted by Crippen LogP contribution is 2.30. The van der Waals surface area contributed by atoms with Crippen LogP contribution >= 0.6 is 23.1 Å². The maximum absolute atomic E-state index is 12.3. The van der Waals surface area contributed by atoms with E-state index < -0.39 is 0 Å². The van der Waals surface area contributed by atoms with E-state index in [-0.39, 0.29) is 11.2 Å². The molecule has 0 saturated carbocycles. The van der Waals surface area contributed by atoms with Crippen molar-refractivity contribution in [2.75, 3.05) is 5.32 Å². The number of aromatic nitrogens is 2. The predicted molar refractivity (Wildman–Crippen MR) is 113 cm³/mol.